The van der Waals surface area contributed by atoms with Gasteiger partial charge in [0.15, 0.2) is 0 Å². The first-order valence-corrected chi connectivity index (χ1v) is 10.2. The van der Waals surface area contributed by atoms with Crippen LogP contribution < -0.4 is 9.47 Å². The van der Waals surface area contributed by atoms with Crippen LogP contribution >= 0.6 is 23.2 Å². The van der Waals surface area contributed by atoms with Gasteiger partial charge in [-0.1, -0.05) is 35.3 Å². The normalized spacial score (nSPS) is 18.9. The van der Waals surface area contributed by atoms with Crippen molar-refractivity contribution in [2.75, 3.05) is 27.3 Å². The highest BCUT2D eigenvalue weighted by molar-refractivity contribution is 6.32. The van der Waals surface area contributed by atoms with E-state index >= 15 is 0 Å². The Hall–Kier alpha value is -2.44. The molecule has 30 heavy (non-hydrogen) atoms. The fraction of sp³-hybridized carbons (Fsp3) is 0.364. The Morgan fingerprint density at radius 2 is 1.17 bits per heavy atom. The second-order valence-electron chi connectivity index (χ2n) is 7.09. The molecule has 2 aromatic rings. The van der Waals surface area contributed by atoms with Crippen molar-refractivity contribution in [3.8, 4) is 11.5 Å². The molecule has 0 aliphatic carbocycles. The third-order valence-electron chi connectivity index (χ3n) is 5.41. The number of piperazine rings is 1. The monoisotopic (exact) mass is 450 g/mol. The molecule has 1 heterocycles. The van der Waals surface area contributed by atoms with E-state index in [1.807, 2.05) is 12.1 Å². The first kappa shape index (κ1) is 22.2. The van der Waals surface area contributed by atoms with Crippen molar-refractivity contribution in [2.45, 2.75) is 25.9 Å². The van der Waals surface area contributed by atoms with Crippen molar-refractivity contribution < 1.29 is 19.1 Å². The van der Waals surface area contributed by atoms with Crippen molar-refractivity contribution in [3.63, 3.8) is 0 Å². The zero-order chi connectivity index (χ0) is 22.0. The molecule has 0 aromatic heterocycles. The fourth-order valence-corrected chi connectivity index (χ4v) is 4.53. The summed E-state index contributed by atoms with van der Waals surface area (Å²) in [6.07, 6.45) is 0. The van der Waals surface area contributed by atoms with Gasteiger partial charge in [0.25, 0.3) is 0 Å². The number of carbonyl (C=O) groups excluding carboxylic acids is 2. The molecule has 1 aliphatic rings. The molecule has 0 spiro atoms. The summed E-state index contributed by atoms with van der Waals surface area (Å²) in [6, 6.07) is 9.63. The van der Waals surface area contributed by atoms with Gasteiger partial charge in [0.1, 0.15) is 11.5 Å². The van der Waals surface area contributed by atoms with Crippen LogP contribution in [0.1, 0.15) is 37.1 Å². The van der Waals surface area contributed by atoms with Crippen LogP contribution in [0.3, 0.4) is 0 Å². The molecule has 0 N–H and O–H groups in total. The first-order valence-electron chi connectivity index (χ1n) is 9.49. The topological polar surface area (TPSA) is 59.1 Å². The molecule has 1 saturated heterocycles. The van der Waals surface area contributed by atoms with E-state index in [0.717, 1.165) is 11.1 Å². The van der Waals surface area contributed by atoms with Crippen LogP contribution in [0.25, 0.3) is 0 Å². The Bertz CT molecular complexity index is 889. The maximum atomic E-state index is 12.6. The maximum absolute atomic E-state index is 12.6. The van der Waals surface area contributed by atoms with E-state index in [-0.39, 0.29) is 11.8 Å². The molecule has 1 fully saturated rings. The van der Waals surface area contributed by atoms with Gasteiger partial charge in [-0.3, -0.25) is 9.59 Å². The molecular formula is C22H24Cl2N2O4. The quantitative estimate of drug-likeness (QED) is 0.687. The zero-order valence-corrected chi connectivity index (χ0v) is 18.8. The second kappa shape index (κ2) is 9.14. The Kier molecular flexibility index (Phi) is 6.78. The molecule has 3 rings (SSSR count). The van der Waals surface area contributed by atoms with E-state index < -0.39 is 12.1 Å². The highest BCUT2D eigenvalue weighted by atomic mass is 35.5. The number of ether oxygens (including phenoxy) is 2. The van der Waals surface area contributed by atoms with Gasteiger partial charge in [-0.25, -0.2) is 0 Å². The SMILES string of the molecule is COc1ccc([C@@H]2[C@H](c3ccc(OC)cc3Cl)N(C(C)=O)CCN2C(C)=O)c(Cl)c1. The molecule has 0 unspecified atom stereocenters. The lowest BCUT2D eigenvalue weighted by Gasteiger charge is -2.48. The third kappa shape index (κ3) is 4.20. The number of hydrogen-bond acceptors (Lipinski definition) is 4. The van der Waals surface area contributed by atoms with Crippen LogP contribution in [0.4, 0.5) is 0 Å². The summed E-state index contributed by atoms with van der Waals surface area (Å²) in [5.41, 5.74) is 1.44. The minimum absolute atomic E-state index is 0.107. The second-order valence-corrected chi connectivity index (χ2v) is 7.90. The minimum atomic E-state index is -0.510. The number of benzene rings is 2. The molecule has 0 bridgehead atoms. The van der Waals surface area contributed by atoms with E-state index in [1.54, 1.807) is 48.3 Å². The Morgan fingerprint density at radius 1 is 0.800 bits per heavy atom. The number of amides is 2. The summed E-state index contributed by atoms with van der Waals surface area (Å²) in [6.45, 7) is 3.82. The lowest BCUT2D eigenvalue weighted by Crippen LogP contribution is -2.53. The summed E-state index contributed by atoms with van der Waals surface area (Å²) in [4.78, 5) is 28.6. The number of hydrogen-bond donors (Lipinski definition) is 0. The summed E-state index contributed by atoms with van der Waals surface area (Å²) in [7, 11) is 3.12. The molecule has 0 radical (unpaired) electrons. The van der Waals surface area contributed by atoms with Crippen molar-refractivity contribution in [1.29, 1.82) is 0 Å². The molecule has 1 aliphatic heterocycles. The van der Waals surface area contributed by atoms with Crippen LogP contribution in [0.2, 0.25) is 10.0 Å². The number of carbonyl (C=O) groups is 2. The van der Waals surface area contributed by atoms with Crippen molar-refractivity contribution in [1.82, 2.24) is 9.80 Å². The highest BCUT2D eigenvalue weighted by Crippen LogP contribution is 2.46. The maximum Gasteiger partial charge on any atom is 0.220 e. The molecule has 2 amide bonds. The summed E-state index contributed by atoms with van der Waals surface area (Å²) < 4.78 is 10.5. The molecule has 2 aromatic carbocycles. The number of halogens is 2. The average Bonchev–Trinajstić information content (AvgIpc) is 2.72. The van der Waals surface area contributed by atoms with Crippen LogP contribution in [-0.2, 0) is 9.59 Å². The number of methoxy groups -OCH3 is 2. The average molecular weight is 451 g/mol. The molecule has 8 heteroatoms. The van der Waals surface area contributed by atoms with Gasteiger partial charge in [0.05, 0.1) is 26.3 Å². The summed E-state index contributed by atoms with van der Waals surface area (Å²) in [5.74, 6) is 1.00. The van der Waals surface area contributed by atoms with Crippen molar-refractivity contribution >= 4 is 35.0 Å². The minimum Gasteiger partial charge on any atom is -0.497 e. The highest BCUT2D eigenvalue weighted by Gasteiger charge is 2.42. The molecular weight excluding hydrogens is 427 g/mol. The van der Waals surface area contributed by atoms with Gasteiger partial charge >= 0.3 is 0 Å². The lowest BCUT2D eigenvalue weighted by molar-refractivity contribution is -0.145. The van der Waals surface area contributed by atoms with Crippen LogP contribution in [0, 0.1) is 0 Å². The van der Waals surface area contributed by atoms with Crippen molar-refractivity contribution in [3.05, 3.63) is 57.6 Å². The smallest absolute Gasteiger partial charge is 0.220 e. The van der Waals surface area contributed by atoms with Gasteiger partial charge < -0.3 is 19.3 Å². The van der Waals surface area contributed by atoms with E-state index in [1.165, 1.54) is 13.8 Å². The standard InChI is InChI=1S/C22H24Cl2N2O4/c1-13(27)25-9-10-26(14(2)28)22(18-8-6-16(30-4)12-20(18)24)21(25)17-7-5-15(29-3)11-19(17)23/h5-8,11-12,21-22H,9-10H2,1-4H3/t21-,22+. The number of nitrogens with zero attached hydrogens (tertiary/aromatic N) is 2. The van der Waals surface area contributed by atoms with Crippen molar-refractivity contribution in [2.24, 2.45) is 0 Å². The Labute approximate surface area is 186 Å². The van der Waals surface area contributed by atoms with Gasteiger partial charge in [-0.2, -0.15) is 0 Å². The third-order valence-corrected chi connectivity index (χ3v) is 6.07. The van der Waals surface area contributed by atoms with Gasteiger partial charge in [0.2, 0.25) is 11.8 Å². The van der Waals surface area contributed by atoms with E-state index in [4.69, 9.17) is 32.7 Å². The largest absolute Gasteiger partial charge is 0.497 e. The zero-order valence-electron chi connectivity index (χ0n) is 17.3. The lowest BCUT2D eigenvalue weighted by atomic mass is 9.88. The Morgan fingerprint density at radius 3 is 1.43 bits per heavy atom. The van der Waals surface area contributed by atoms with Crippen LogP contribution in [0.15, 0.2) is 36.4 Å². The Balaban J connectivity index is 2.22. The van der Waals surface area contributed by atoms with E-state index in [0.29, 0.717) is 34.6 Å². The van der Waals surface area contributed by atoms with Gasteiger partial charge in [0, 0.05) is 37.0 Å². The molecule has 2 atom stereocenters. The molecule has 0 saturated carbocycles. The summed E-state index contributed by atoms with van der Waals surface area (Å²) >= 11 is 13.2. The van der Waals surface area contributed by atoms with Gasteiger partial charge in [-0.15, -0.1) is 0 Å². The fourth-order valence-electron chi connectivity index (χ4n) is 3.97. The summed E-state index contributed by atoms with van der Waals surface area (Å²) in [5, 5.41) is 0.899. The first-order chi connectivity index (χ1) is 14.3. The predicted molar refractivity (Wildman–Crippen MR) is 116 cm³/mol. The van der Waals surface area contributed by atoms with Crippen LogP contribution in [-0.4, -0.2) is 48.9 Å². The van der Waals surface area contributed by atoms with Crippen LogP contribution in [0.5, 0.6) is 11.5 Å². The molecule has 160 valence electrons. The van der Waals surface area contributed by atoms with Gasteiger partial charge in [-0.05, 0) is 35.4 Å². The predicted octanol–water partition coefficient (Wildman–Crippen LogP) is 4.50. The number of rotatable bonds is 4. The molecule has 6 nitrogen and oxygen atoms in total. The van der Waals surface area contributed by atoms with E-state index in [2.05, 4.69) is 0 Å². The van der Waals surface area contributed by atoms with E-state index in [9.17, 15) is 9.59 Å².